The lowest BCUT2D eigenvalue weighted by atomic mass is 10.3. The molecule has 1 aromatic carbocycles. The fraction of sp³-hybridized carbons (Fsp3) is 0. The summed E-state index contributed by atoms with van der Waals surface area (Å²) in [5, 5.41) is 20.3. The minimum absolute atomic E-state index is 0.399. The summed E-state index contributed by atoms with van der Waals surface area (Å²) in [5.74, 6) is 0. The second-order valence-electron chi connectivity index (χ2n) is 1.94. The van der Waals surface area contributed by atoms with Gasteiger partial charge in [-0.15, -0.1) is 0 Å². The second-order valence-corrected chi connectivity index (χ2v) is 1.94. The average Bonchev–Trinajstić information content (AvgIpc) is 2.04. The quantitative estimate of drug-likeness (QED) is 0.490. The van der Waals surface area contributed by atoms with E-state index in [1.165, 1.54) is 6.07 Å². The Morgan fingerprint density at radius 3 is 1.83 bits per heavy atom. The normalized spacial score (nSPS) is 9.33. The summed E-state index contributed by atoms with van der Waals surface area (Å²) >= 11 is 0. The molecule has 0 aliphatic heterocycles. The van der Waals surface area contributed by atoms with Gasteiger partial charge in [0.1, 0.15) is 0 Å². The number of hydrogen-bond donors (Lipinski definition) is 0. The highest BCUT2D eigenvalue weighted by atomic mass is 16.6. The Kier molecular flexibility index (Phi) is 2.00. The van der Waals surface area contributed by atoms with Gasteiger partial charge in [-0.2, -0.15) is 0 Å². The van der Waals surface area contributed by atoms with Crippen LogP contribution in [-0.4, -0.2) is 9.85 Å². The van der Waals surface area contributed by atoms with Crippen LogP contribution in [0, 0.1) is 26.3 Å². The fourth-order valence-electron chi connectivity index (χ4n) is 0.658. The van der Waals surface area contributed by atoms with Crippen LogP contribution in [-0.2, 0) is 0 Å². The van der Waals surface area contributed by atoms with E-state index in [9.17, 15) is 20.2 Å². The number of non-ortho nitro benzene ring substituents is 2. The van der Waals surface area contributed by atoms with Crippen LogP contribution < -0.4 is 0 Å². The molecule has 0 spiro atoms. The Morgan fingerprint density at radius 2 is 1.50 bits per heavy atom. The van der Waals surface area contributed by atoms with E-state index < -0.39 is 21.2 Å². The Hall–Kier alpha value is -1.98. The molecule has 0 amide bonds. The summed E-state index contributed by atoms with van der Waals surface area (Å²) in [4.78, 5) is 18.8. The highest BCUT2D eigenvalue weighted by Gasteiger charge is 2.12. The topological polar surface area (TPSA) is 86.3 Å². The van der Waals surface area contributed by atoms with Crippen molar-refractivity contribution < 1.29 is 9.85 Å². The lowest BCUT2D eigenvalue weighted by Gasteiger charge is -1.89. The van der Waals surface area contributed by atoms with E-state index in [1.807, 2.05) is 6.07 Å². The molecule has 0 N–H and O–H groups in total. The molecule has 0 saturated carbocycles. The van der Waals surface area contributed by atoms with Crippen LogP contribution in [0.15, 0.2) is 18.2 Å². The van der Waals surface area contributed by atoms with E-state index in [0.717, 1.165) is 12.1 Å². The zero-order valence-electron chi connectivity index (χ0n) is 5.76. The summed E-state index contributed by atoms with van der Waals surface area (Å²) in [7, 11) is 0. The zero-order valence-corrected chi connectivity index (χ0v) is 5.76. The van der Waals surface area contributed by atoms with Crippen molar-refractivity contribution in [1.82, 2.24) is 0 Å². The minimum atomic E-state index is -0.729. The Labute approximate surface area is 66.7 Å². The molecule has 0 fully saturated rings. The Morgan fingerprint density at radius 1 is 1.08 bits per heavy atom. The summed E-state index contributed by atoms with van der Waals surface area (Å²) in [6.07, 6.45) is 0. The second kappa shape index (κ2) is 2.95. The lowest BCUT2D eigenvalue weighted by Crippen LogP contribution is -1.91. The van der Waals surface area contributed by atoms with E-state index in [-0.39, 0.29) is 0 Å². The predicted molar refractivity (Wildman–Crippen MR) is 38.6 cm³/mol. The van der Waals surface area contributed by atoms with E-state index in [4.69, 9.17) is 0 Å². The van der Waals surface area contributed by atoms with Gasteiger partial charge in [0, 0.05) is 12.1 Å². The molecule has 0 saturated heterocycles. The molecular formula is C6H3N2O4. The Balaban J connectivity index is 3.12. The van der Waals surface area contributed by atoms with Gasteiger partial charge in [-0.1, -0.05) is 0 Å². The summed E-state index contributed by atoms with van der Waals surface area (Å²) in [6.45, 7) is 0. The van der Waals surface area contributed by atoms with Gasteiger partial charge in [0.25, 0.3) is 11.4 Å². The van der Waals surface area contributed by atoms with Crippen molar-refractivity contribution in [3.8, 4) is 0 Å². The highest BCUT2D eigenvalue weighted by Crippen LogP contribution is 2.17. The van der Waals surface area contributed by atoms with Gasteiger partial charge in [0.2, 0.25) is 0 Å². The summed E-state index contributed by atoms with van der Waals surface area (Å²) in [6, 6.07) is 5.58. The monoisotopic (exact) mass is 167 g/mol. The molecule has 1 aromatic rings. The predicted octanol–water partition coefficient (Wildman–Crippen LogP) is 1.30. The molecule has 6 nitrogen and oxygen atoms in total. The van der Waals surface area contributed by atoms with Crippen molar-refractivity contribution in [2.24, 2.45) is 0 Å². The number of nitro benzene ring substituents is 2. The molecule has 0 atom stereocenters. The van der Waals surface area contributed by atoms with Crippen LogP contribution in [0.1, 0.15) is 0 Å². The van der Waals surface area contributed by atoms with Crippen LogP contribution >= 0.6 is 0 Å². The first-order chi connectivity index (χ1) is 5.61. The van der Waals surface area contributed by atoms with Crippen molar-refractivity contribution in [1.29, 1.82) is 0 Å². The lowest BCUT2D eigenvalue weighted by molar-refractivity contribution is -0.394. The molecule has 0 aromatic heterocycles. The van der Waals surface area contributed by atoms with E-state index in [2.05, 4.69) is 0 Å². The van der Waals surface area contributed by atoms with Crippen molar-refractivity contribution >= 4 is 11.4 Å². The van der Waals surface area contributed by atoms with Crippen LogP contribution in [0.25, 0.3) is 0 Å². The number of nitro groups is 2. The van der Waals surface area contributed by atoms with Crippen molar-refractivity contribution in [2.75, 3.05) is 0 Å². The number of hydrogen-bond acceptors (Lipinski definition) is 4. The van der Waals surface area contributed by atoms with Crippen LogP contribution in [0.3, 0.4) is 0 Å². The van der Waals surface area contributed by atoms with Crippen molar-refractivity contribution in [2.45, 2.75) is 0 Å². The first-order valence-corrected chi connectivity index (χ1v) is 2.92. The molecule has 6 heteroatoms. The molecule has 0 aliphatic rings. The number of rotatable bonds is 2. The first-order valence-electron chi connectivity index (χ1n) is 2.92. The van der Waals surface area contributed by atoms with E-state index in [0.29, 0.717) is 0 Å². The van der Waals surface area contributed by atoms with Crippen LogP contribution in [0.2, 0.25) is 0 Å². The van der Waals surface area contributed by atoms with Crippen molar-refractivity contribution in [3.05, 3.63) is 44.5 Å². The van der Waals surface area contributed by atoms with Crippen LogP contribution in [0.5, 0.6) is 0 Å². The van der Waals surface area contributed by atoms with Crippen molar-refractivity contribution in [3.63, 3.8) is 0 Å². The molecule has 1 rings (SSSR count). The van der Waals surface area contributed by atoms with Gasteiger partial charge >= 0.3 is 0 Å². The van der Waals surface area contributed by atoms with E-state index in [1.54, 1.807) is 0 Å². The van der Waals surface area contributed by atoms with E-state index >= 15 is 0 Å². The van der Waals surface area contributed by atoms with Gasteiger partial charge in [-0.3, -0.25) is 20.2 Å². The third-order valence-corrected chi connectivity index (χ3v) is 1.16. The molecule has 0 heterocycles. The molecule has 12 heavy (non-hydrogen) atoms. The Bertz CT molecular complexity index is 307. The largest absolute Gasteiger partial charge is 0.284 e. The average molecular weight is 167 g/mol. The van der Waals surface area contributed by atoms with Gasteiger partial charge in [0.05, 0.1) is 9.85 Å². The molecule has 0 aliphatic carbocycles. The smallest absolute Gasteiger partial charge is 0.258 e. The molecule has 0 bridgehead atoms. The third-order valence-electron chi connectivity index (χ3n) is 1.16. The minimum Gasteiger partial charge on any atom is -0.258 e. The maximum Gasteiger partial charge on any atom is 0.284 e. The van der Waals surface area contributed by atoms with Gasteiger partial charge < -0.3 is 0 Å². The number of benzene rings is 1. The standard InChI is InChI=1S/C6H3N2O4/c9-7(10)5-2-1-3-6(4-5)8(11)12/h1-3H. The molecular weight excluding hydrogens is 164 g/mol. The van der Waals surface area contributed by atoms with Gasteiger partial charge in [-0.25, -0.2) is 0 Å². The fourth-order valence-corrected chi connectivity index (χ4v) is 0.658. The molecule has 1 radical (unpaired) electrons. The highest BCUT2D eigenvalue weighted by molar-refractivity contribution is 5.40. The maximum atomic E-state index is 10.1. The maximum absolute atomic E-state index is 10.1. The van der Waals surface area contributed by atoms with Gasteiger partial charge in [0.15, 0.2) is 6.07 Å². The van der Waals surface area contributed by atoms with Gasteiger partial charge in [-0.05, 0) is 6.07 Å². The first kappa shape index (κ1) is 8.12. The van der Waals surface area contributed by atoms with Crippen LogP contribution in [0.4, 0.5) is 11.4 Å². The SMILES string of the molecule is O=[N+]([O-])c1[c]c([N+](=O)[O-])ccc1. The summed E-state index contributed by atoms with van der Waals surface area (Å²) in [5.41, 5.74) is -0.798. The number of nitrogens with zero attached hydrogens (tertiary/aromatic N) is 2. The molecule has 0 unspecified atom stereocenters. The zero-order chi connectivity index (χ0) is 9.14. The summed E-state index contributed by atoms with van der Waals surface area (Å²) < 4.78 is 0. The third kappa shape index (κ3) is 1.54. The molecule has 61 valence electrons.